The molecular formula is C18H20N2O2S. The van der Waals surface area contributed by atoms with Gasteiger partial charge in [0.2, 0.25) is 0 Å². The van der Waals surface area contributed by atoms with E-state index in [0.717, 1.165) is 17.1 Å². The van der Waals surface area contributed by atoms with Crippen LogP contribution in [-0.2, 0) is 10.5 Å². The van der Waals surface area contributed by atoms with E-state index in [0.29, 0.717) is 0 Å². The summed E-state index contributed by atoms with van der Waals surface area (Å²) in [5.41, 5.74) is 4.60. The third-order valence-electron chi connectivity index (χ3n) is 3.23. The van der Waals surface area contributed by atoms with Crippen molar-refractivity contribution >= 4 is 23.9 Å². The fourth-order valence-electron chi connectivity index (χ4n) is 1.90. The number of ether oxygens (including phenoxy) is 1. The molecule has 23 heavy (non-hydrogen) atoms. The molecule has 2 rings (SSSR count). The van der Waals surface area contributed by atoms with E-state index in [1.165, 1.54) is 5.56 Å². The molecule has 0 radical (unpaired) electrons. The number of thioether (sulfide) groups is 1. The molecule has 5 heteroatoms. The van der Waals surface area contributed by atoms with Crippen LogP contribution in [0.3, 0.4) is 0 Å². The molecule has 1 amide bonds. The molecule has 0 heterocycles. The second kappa shape index (κ2) is 9.00. The summed E-state index contributed by atoms with van der Waals surface area (Å²) < 4.78 is 5.23. The van der Waals surface area contributed by atoms with E-state index in [2.05, 4.69) is 22.7 Å². The van der Waals surface area contributed by atoms with Crippen LogP contribution in [0.1, 0.15) is 18.1 Å². The summed E-state index contributed by atoms with van der Waals surface area (Å²) in [5, 5.41) is 3.83. The molecule has 1 N–H and O–H groups in total. The van der Waals surface area contributed by atoms with Crippen LogP contribution >= 0.6 is 11.8 Å². The maximum Gasteiger partial charge on any atom is 0.252 e. The van der Waals surface area contributed by atoms with Crippen LogP contribution in [0, 0.1) is 0 Å². The highest BCUT2D eigenvalue weighted by Crippen LogP contribution is 2.17. The molecule has 2 aromatic rings. The summed E-state index contributed by atoms with van der Waals surface area (Å²) in [6.45, 7) is 1.88. The van der Waals surface area contributed by atoms with Gasteiger partial charge in [0.1, 0.15) is 5.75 Å². The number of nitrogens with zero attached hydrogens (tertiary/aromatic N) is 1. The lowest BCUT2D eigenvalue weighted by atomic mass is 10.2. The Balaban J connectivity index is 1.83. The van der Waals surface area contributed by atoms with E-state index in [1.807, 2.05) is 49.4 Å². The van der Waals surface area contributed by atoms with Crippen molar-refractivity contribution in [1.82, 2.24) is 5.43 Å². The molecule has 0 bridgehead atoms. The average molecular weight is 328 g/mol. The average Bonchev–Trinajstić information content (AvgIpc) is 2.60. The van der Waals surface area contributed by atoms with Crippen LogP contribution in [0.15, 0.2) is 59.7 Å². The topological polar surface area (TPSA) is 50.7 Å². The largest absolute Gasteiger partial charge is 0.496 e. The molecule has 4 nitrogen and oxygen atoms in total. The van der Waals surface area contributed by atoms with Gasteiger partial charge in [0.15, 0.2) is 0 Å². The van der Waals surface area contributed by atoms with Crippen molar-refractivity contribution in [1.29, 1.82) is 0 Å². The maximum atomic E-state index is 12.0. The molecule has 0 aromatic heterocycles. The molecule has 0 saturated heterocycles. The molecule has 120 valence electrons. The highest BCUT2D eigenvalue weighted by atomic mass is 32.2. The number of hydrogen-bond acceptors (Lipinski definition) is 4. The zero-order chi connectivity index (χ0) is 16.5. The fraction of sp³-hybridized carbons (Fsp3) is 0.222. The van der Waals surface area contributed by atoms with Gasteiger partial charge in [0.05, 0.1) is 18.6 Å². The van der Waals surface area contributed by atoms with Crippen LogP contribution in [0.2, 0.25) is 0 Å². The zero-order valence-electron chi connectivity index (χ0n) is 13.2. The number of rotatable bonds is 7. The molecule has 0 saturated carbocycles. The van der Waals surface area contributed by atoms with Crippen LogP contribution in [0.5, 0.6) is 5.75 Å². The Labute approximate surface area is 140 Å². The Bertz CT molecular complexity index is 659. The molecule has 0 fully saturated rings. The fourth-order valence-corrected chi connectivity index (χ4v) is 2.74. The summed E-state index contributed by atoms with van der Waals surface area (Å²) >= 11 is 1.58. The quantitative estimate of drug-likeness (QED) is 0.625. The standard InChI is InChI=1S/C18H20N2O2S/c1-14(23-13-15-8-4-3-5-9-15)18(21)20-19-12-16-10-6-7-11-17(16)22-2/h3-12,14H,13H2,1-2H3,(H,20,21)/b19-12-/t14-/m1/s1. The lowest BCUT2D eigenvalue weighted by molar-refractivity contribution is -0.120. The second-order valence-electron chi connectivity index (χ2n) is 4.92. The van der Waals surface area contributed by atoms with Gasteiger partial charge in [-0.15, -0.1) is 11.8 Å². The van der Waals surface area contributed by atoms with Gasteiger partial charge in [0, 0.05) is 11.3 Å². The Hall–Kier alpha value is -2.27. The Morgan fingerprint density at radius 3 is 2.65 bits per heavy atom. The lowest BCUT2D eigenvalue weighted by Crippen LogP contribution is -2.27. The van der Waals surface area contributed by atoms with Gasteiger partial charge in [-0.2, -0.15) is 5.10 Å². The minimum Gasteiger partial charge on any atom is -0.496 e. The molecule has 0 aliphatic carbocycles. The van der Waals surface area contributed by atoms with Gasteiger partial charge in [-0.05, 0) is 24.6 Å². The first-order valence-corrected chi connectivity index (χ1v) is 8.37. The van der Waals surface area contributed by atoms with E-state index in [-0.39, 0.29) is 11.2 Å². The van der Waals surface area contributed by atoms with Crippen LogP contribution in [0.25, 0.3) is 0 Å². The first kappa shape index (κ1) is 17.1. The zero-order valence-corrected chi connectivity index (χ0v) is 14.0. The molecule has 0 aliphatic rings. The summed E-state index contributed by atoms with van der Waals surface area (Å²) in [5.74, 6) is 1.40. The summed E-state index contributed by atoms with van der Waals surface area (Å²) in [7, 11) is 1.60. The van der Waals surface area contributed by atoms with E-state index < -0.39 is 0 Å². The molecular weight excluding hydrogens is 308 g/mol. The van der Waals surface area contributed by atoms with Gasteiger partial charge in [-0.3, -0.25) is 4.79 Å². The van der Waals surface area contributed by atoms with E-state index in [9.17, 15) is 4.79 Å². The number of hydrazone groups is 1. The van der Waals surface area contributed by atoms with Crippen LogP contribution in [-0.4, -0.2) is 24.5 Å². The summed E-state index contributed by atoms with van der Waals surface area (Å²) in [4.78, 5) is 12.0. The minimum atomic E-state index is -0.176. The molecule has 0 unspecified atom stereocenters. The van der Waals surface area contributed by atoms with Crippen molar-refractivity contribution in [3.8, 4) is 5.75 Å². The number of para-hydroxylation sites is 1. The Kier molecular flexibility index (Phi) is 6.69. The van der Waals surface area contributed by atoms with E-state index in [4.69, 9.17) is 4.74 Å². The summed E-state index contributed by atoms with van der Waals surface area (Å²) in [6.07, 6.45) is 1.59. The smallest absolute Gasteiger partial charge is 0.252 e. The number of nitrogens with one attached hydrogen (secondary N) is 1. The van der Waals surface area contributed by atoms with Crippen molar-refractivity contribution in [2.45, 2.75) is 17.9 Å². The first-order valence-electron chi connectivity index (χ1n) is 7.32. The number of hydrogen-bond donors (Lipinski definition) is 1. The number of amides is 1. The molecule has 1 atom stereocenters. The van der Waals surface area contributed by atoms with Gasteiger partial charge in [-0.1, -0.05) is 42.5 Å². The maximum absolute atomic E-state index is 12.0. The number of methoxy groups -OCH3 is 1. The van der Waals surface area contributed by atoms with Gasteiger partial charge in [-0.25, -0.2) is 5.43 Å². The predicted octanol–water partition coefficient (Wildman–Crippen LogP) is 3.47. The molecule has 0 spiro atoms. The second-order valence-corrected chi connectivity index (χ2v) is 6.24. The first-order chi connectivity index (χ1) is 11.2. The Morgan fingerprint density at radius 1 is 1.22 bits per heavy atom. The number of benzene rings is 2. The van der Waals surface area contributed by atoms with Gasteiger partial charge < -0.3 is 4.74 Å². The Morgan fingerprint density at radius 2 is 1.91 bits per heavy atom. The predicted molar refractivity (Wildman–Crippen MR) is 95.9 cm³/mol. The third kappa shape index (κ3) is 5.45. The molecule has 0 aliphatic heterocycles. The van der Waals surface area contributed by atoms with Crippen molar-refractivity contribution in [3.05, 3.63) is 65.7 Å². The monoisotopic (exact) mass is 328 g/mol. The SMILES string of the molecule is COc1ccccc1/C=N\NC(=O)[C@@H](C)SCc1ccccc1. The van der Waals surface area contributed by atoms with Crippen LogP contribution < -0.4 is 10.2 Å². The highest BCUT2D eigenvalue weighted by Gasteiger charge is 2.12. The van der Waals surface area contributed by atoms with Crippen molar-refractivity contribution in [2.75, 3.05) is 7.11 Å². The van der Waals surface area contributed by atoms with Gasteiger partial charge >= 0.3 is 0 Å². The normalized spacial score (nSPS) is 12.1. The molecule has 2 aromatic carbocycles. The highest BCUT2D eigenvalue weighted by molar-refractivity contribution is 7.99. The van der Waals surface area contributed by atoms with Crippen molar-refractivity contribution in [3.63, 3.8) is 0 Å². The lowest BCUT2D eigenvalue weighted by Gasteiger charge is -2.09. The van der Waals surface area contributed by atoms with Crippen molar-refractivity contribution in [2.24, 2.45) is 5.10 Å². The van der Waals surface area contributed by atoms with Crippen LogP contribution in [0.4, 0.5) is 0 Å². The minimum absolute atomic E-state index is 0.114. The van der Waals surface area contributed by atoms with E-state index >= 15 is 0 Å². The van der Waals surface area contributed by atoms with E-state index in [1.54, 1.807) is 25.1 Å². The van der Waals surface area contributed by atoms with Gasteiger partial charge in [0.25, 0.3) is 5.91 Å². The summed E-state index contributed by atoms with van der Waals surface area (Å²) in [6, 6.07) is 17.6. The number of carbonyl (C=O) groups is 1. The van der Waals surface area contributed by atoms with Crippen molar-refractivity contribution < 1.29 is 9.53 Å². The number of carbonyl (C=O) groups excluding carboxylic acids is 1. The third-order valence-corrected chi connectivity index (χ3v) is 4.44.